The Morgan fingerprint density at radius 3 is 2.76 bits per heavy atom. The van der Waals surface area contributed by atoms with Gasteiger partial charge in [0.2, 0.25) is 0 Å². The van der Waals surface area contributed by atoms with Gasteiger partial charge in [-0.2, -0.15) is 0 Å². The normalized spacial score (nSPS) is 16.0. The van der Waals surface area contributed by atoms with Crippen LogP contribution >= 0.6 is 11.3 Å². The molecule has 4 heteroatoms. The van der Waals surface area contributed by atoms with Crippen molar-refractivity contribution in [2.75, 3.05) is 0 Å². The third-order valence-electron chi connectivity index (χ3n) is 3.89. The van der Waals surface area contributed by atoms with E-state index in [1.54, 1.807) is 11.3 Å². The minimum Gasteiger partial charge on any atom is -0.372 e. The maximum Gasteiger partial charge on any atom is 0.0947 e. The Bertz CT molecular complexity index is 642. The highest BCUT2D eigenvalue weighted by Crippen LogP contribution is 2.28. The van der Waals surface area contributed by atoms with E-state index < -0.39 is 0 Å². The van der Waals surface area contributed by atoms with E-state index in [0.717, 1.165) is 23.7 Å². The number of fused-ring (bicyclic) bond motifs is 1. The number of aromatic nitrogens is 1. The highest BCUT2D eigenvalue weighted by atomic mass is 32.1. The van der Waals surface area contributed by atoms with Crippen molar-refractivity contribution in [3.05, 3.63) is 51.0 Å². The average molecular weight is 302 g/mol. The summed E-state index contributed by atoms with van der Waals surface area (Å²) in [6.07, 6.45) is 0.792. The molecular weight excluding hydrogens is 280 g/mol. The topological polar surface area (TPSA) is 48.1 Å². The fraction of sp³-hybridized carbons (Fsp3) is 0.471. The molecule has 3 rings (SSSR count). The number of hydrogen-bond acceptors (Lipinski definition) is 4. The zero-order valence-electron chi connectivity index (χ0n) is 12.8. The van der Waals surface area contributed by atoms with Crippen molar-refractivity contribution >= 4 is 11.3 Å². The standard InChI is InChI=1S/C17H22N2OS/c1-17(2,3)15-10-21-16(19-15)7-14(18)11-4-5-12-8-20-9-13(12)6-11/h4-6,10,14H,7-9,18H2,1-3H3. The summed E-state index contributed by atoms with van der Waals surface area (Å²) in [5, 5.41) is 3.27. The quantitative estimate of drug-likeness (QED) is 0.940. The monoisotopic (exact) mass is 302 g/mol. The van der Waals surface area contributed by atoms with Gasteiger partial charge in [0.1, 0.15) is 0 Å². The predicted molar refractivity (Wildman–Crippen MR) is 86.4 cm³/mol. The molecule has 1 atom stereocenters. The van der Waals surface area contributed by atoms with Gasteiger partial charge in [-0.25, -0.2) is 4.98 Å². The lowest BCUT2D eigenvalue weighted by Gasteiger charge is -2.15. The summed E-state index contributed by atoms with van der Waals surface area (Å²) in [7, 11) is 0. The molecule has 0 saturated heterocycles. The smallest absolute Gasteiger partial charge is 0.0947 e. The predicted octanol–water partition coefficient (Wildman–Crippen LogP) is 3.71. The minimum absolute atomic E-state index is 0.00475. The van der Waals surface area contributed by atoms with Crippen LogP contribution in [0.25, 0.3) is 0 Å². The van der Waals surface area contributed by atoms with E-state index in [9.17, 15) is 0 Å². The van der Waals surface area contributed by atoms with Gasteiger partial charge < -0.3 is 10.5 Å². The second-order valence-electron chi connectivity index (χ2n) is 6.71. The van der Waals surface area contributed by atoms with Crippen LogP contribution in [0.2, 0.25) is 0 Å². The summed E-state index contributed by atoms with van der Waals surface area (Å²) in [5.41, 5.74) is 11.4. The summed E-state index contributed by atoms with van der Waals surface area (Å²) in [5.74, 6) is 0. The Labute approximate surface area is 130 Å². The van der Waals surface area contributed by atoms with Gasteiger partial charge in [0.05, 0.1) is 23.9 Å². The number of benzene rings is 1. The van der Waals surface area contributed by atoms with E-state index in [1.807, 2.05) is 0 Å². The molecule has 1 aliphatic heterocycles. The van der Waals surface area contributed by atoms with E-state index in [1.165, 1.54) is 16.7 Å². The Kier molecular flexibility index (Phi) is 3.86. The summed E-state index contributed by atoms with van der Waals surface area (Å²) < 4.78 is 5.46. The largest absolute Gasteiger partial charge is 0.372 e. The molecule has 3 nitrogen and oxygen atoms in total. The second-order valence-corrected chi connectivity index (χ2v) is 7.65. The second kappa shape index (κ2) is 5.52. The van der Waals surface area contributed by atoms with Crippen molar-refractivity contribution in [3.63, 3.8) is 0 Å². The van der Waals surface area contributed by atoms with Gasteiger partial charge in [-0.15, -0.1) is 11.3 Å². The Morgan fingerprint density at radius 1 is 1.29 bits per heavy atom. The Balaban J connectivity index is 1.74. The molecule has 0 spiro atoms. The molecule has 112 valence electrons. The van der Waals surface area contributed by atoms with Gasteiger partial charge in [-0.3, -0.25) is 0 Å². The van der Waals surface area contributed by atoms with Crippen LogP contribution in [-0.2, 0) is 29.8 Å². The van der Waals surface area contributed by atoms with Crippen molar-refractivity contribution in [2.45, 2.75) is 51.9 Å². The Hall–Kier alpha value is -1.23. The number of nitrogens with zero attached hydrogens (tertiary/aromatic N) is 1. The molecule has 0 radical (unpaired) electrons. The van der Waals surface area contributed by atoms with E-state index >= 15 is 0 Å². The van der Waals surface area contributed by atoms with Crippen LogP contribution in [0.3, 0.4) is 0 Å². The molecule has 2 N–H and O–H groups in total. The third-order valence-corrected chi connectivity index (χ3v) is 4.76. The van der Waals surface area contributed by atoms with Gasteiger partial charge >= 0.3 is 0 Å². The zero-order chi connectivity index (χ0) is 15.0. The molecule has 1 aliphatic rings. The van der Waals surface area contributed by atoms with Crippen molar-refractivity contribution < 1.29 is 4.74 Å². The first-order chi connectivity index (χ1) is 9.93. The van der Waals surface area contributed by atoms with Crippen molar-refractivity contribution in [1.82, 2.24) is 4.98 Å². The Morgan fingerprint density at radius 2 is 2.05 bits per heavy atom. The fourth-order valence-corrected chi connectivity index (χ4v) is 3.56. The van der Waals surface area contributed by atoms with Crippen LogP contribution in [0.4, 0.5) is 0 Å². The highest BCUT2D eigenvalue weighted by Gasteiger charge is 2.19. The first-order valence-corrected chi connectivity index (χ1v) is 8.21. The summed E-state index contributed by atoms with van der Waals surface area (Å²) in [6.45, 7) is 8.00. The summed E-state index contributed by atoms with van der Waals surface area (Å²) >= 11 is 1.71. The molecule has 1 aromatic carbocycles. The van der Waals surface area contributed by atoms with E-state index in [4.69, 9.17) is 15.5 Å². The average Bonchev–Trinajstić information content (AvgIpc) is 3.04. The molecule has 2 heterocycles. The molecule has 0 saturated carbocycles. The maximum atomic E-state index is 6.37. The lowest BCUT2D eigenvalue weighted by molar-refractivity contribution is 0.134. The van der Waals surface area contributed by atoms with Gasteiger partial charge in [0, 0.05) is 23.3 Å². The van der Waals surface area contributed by atoms with Crippen LogP contribution in [0, 0.1) is 0 Å². The van der Waals surface area contributed by atoms with Crippen LogP contribution in [0.5, 0.6) is 0 Å². The molecule has 0 aliphatic carbocycles. The molecule has 21 heavy (non-hydrogen) atoms. The number of nitrogens with two attached hydrogens (primary N) is 1. The lowest BCUT2D eigenvalue weighted by atomic mass is 9.93. The molecular formula is C17H22N2OS. The number of hydrogen-bond donors (Lipinski definition) is 1. The first-order valence-electron chi connectivity index (χ1n) is 7.33. The zero-order valence-corrected chi connectivity index (χ0v) is 13.7. The fourth-order valence-electron chi connectivity index (χ4n) is 2.48. The molecule has 2 aromatic rings. The lowest BCUT2D eigenvalue weighted by Crippen LogP contribution is -2.15. The highest BCUT2D eigenvalue weighted by molar-refractivity contribution is 7.09. The third kappa shape index (κ3) is 3.18. The van der Waals surface area contributed by atoms with E-state index in [2.05, 4.69) is 44.4 Å². The van der Waals surface area contributed by atoms with Crippen molar-refractivity contribution in [3.8, 4) is 0 Å². The van der Waals surface area contributed by atoms with Crippen LogP contribution in [0.1, 0.15) is 54.2 Å². The summed E-state index contributed by atoms with van der Waals surface area (Å²) in [4.78, 5) is 4.73. The van der Waals surface area contributed by atoms with Gasteiger partial charge in [0.25, 0.3) is 0 Å². The number of thiazole rings is 1. The van der Waals surface area contributed by atoms with Crippen LogP contribution < -0.4 is 5.73 Å². The summed E-state index contributed by atoms with van der Waals surface area (Å²) in [6, 6.07) is 6.44. The van der Waals surface area contributed by atoms with E-state index in [-0.39, 0.29) is 11.5 Å². The molecule has 1 aromatic heterocycles. The van der Waals surface area contributed by atoms with E-state index in [0.29, 0.717) is 6.61 Å². The van der Waals surface area contributed by atoms with Crippen molar-refractivity contribution in [2.24, 2.45) is 5.73 Å². The van der Waals surface area contributed by atoms with Gasteiger partial charge in [-0.1, -0.05) is 39.0 Å². The number of rotatable bonds is 3. The molecule has 0 fully saturated rings. The molecule has 0 amide bonds. The van der Waals surface area contributed by atoms with Gasteiger partial charge in [0.15, 0.2) is 0 Å². The SMILES string of the molecule is CC(C)(C)c1csc(CC(N)c2ccc3c(c2)COC3)n1. The van der Waals surface area contributed by atoms with Crippen LogP contribution in [0.15, 0.2) is 23.6 Å². The van der Waals surface area contributed by atoms with Crippen molar-refractivity contribution in [1.29, 1.82) is 0 Å². The minimum atomic E-state index is -0.00475. The molecule has 0 bridgehead atoms. The maximum absolute atomic E-state index is 6.37. The van der Waals surface area contributed by atoms with Crippen LogP contribution in [-0.4, -0.2) is 4.98 Å². The number of ether oxygens (including phenoxy) is 1. The molecule has 1 unspecified atom stereocenters. The van der Waals surface area contributed by atoms with Gasteiger partial charge in [-0.05, 0) is 16.7 Å². The first kappa shape index (κ1) is 14.7.